The fourth-order valence-electron chi connectivity index (χ4n) is 2.67. The quantitative estimate of drug-likeness (QED) is 0.600. The van der Waals surface area contributed by atoms with E-state index < -0.39 is 0 Å². The molecule has 2 unspecified atom stereocenters. The number of nitrogens with two attached hydrogens (primary N) is 1. The fraction of sp³-hybridized carbons (Fsp3) is 0.769. The lowest BCUT2D eigenvalue weighted by atomic mass is 10.0. The molecule has 7 heteroatoms. The Kier molecular flexibility index (Phi) is 5.71. The molecular formula is C13H25N5OS. The molecule has 0 radical (unpaired) electrons. The largest absolute Gasteiger partial charge is 0.493 e. The van der Waals surface area contributed by atoms with Gasteiger partial charge >= 0.3 is 0 Å². The van der Waals surface area contributed by atoms with Gasteiger partial charge in [0.05, 0.1) is 19.3 Å². The number of hydrogen-bond acceptors (Lipinski definition) is 6. The van der Waals surface area contributed by atoms with E-state index in [1.807, 2.05) is 16.4 Å². The third kappa shape index (κ3) is 3.11. The Balaban J connectivity index is 2.31. The normalized spacial score (nSPS) is 21.9. The molecule has 2 heterocycles. The molecule has 6 nitrogen and oxygen atoms in total. The van der Waals surface area contributed by atoms with Crippen molar-refractivity contribution in [1.29, 1.82) is 0 Å². The molecule has 0 aliphatic carbocycles. The summed E-state index contributed by atoms with van der Waals surface area (Å²) in [6.45, 7) is 4.10. The standard InChI is InChI=1S/C13H25N5OS/c1-4-5-18-13(11(19-3)8-15-18)12(16-14)10-9-20-7-6-17(10)2/h8,10,12,16H,4-7,9,14H2,1-3H3. The van der Waals surface area contributed by atoms with Gasteiger partial charge in [-0.15, -0.1) is 0 Å². The fourth-order valence-corrected chi connectivity index (χ4v) is 3.94. The molecule has 1 aromatic rings. The van der Waals surface area contributed by atoms with Gasteiger partial charge in [0.15, 0.2) is 5.75 Å². The number of methoxy groups -OCH3 is 1. The van der Waals surface area contributed by atoms with Gasteiger partial charge in [0.25, 0.3) is 0 Å². The van der Waals surface area contributed by atoms with E-state index in [9.17, 15) is 0 Å². The van der Waals surface area contributed by atoms with E-state index in [4.69, 9.17) is 10.6 Å². The molecular weight excluding hydrogens is 274 g/mol. The van der Waals surface area contributed by atoms with Crippen molar-refractivity contribution in [3.8, 4) is 5.75 Å². The number of likely N-dealkylation sites (N-methyl/N-ethyl adjacent to an activating group) is 1. The van der Waals surface area contributed by atoms with Crippen LogP contribution in [-0.2, 0) is 6.54 Å². The topological polar surface area (TPSA) is 68.3 Å². The van der Waals surface area contributed by atoms with E-state index >= 15 is 0 Å². The lowest BCUT2D eigenvalue weighted by Crippen LogP contribution is -2.50. The number of ether oxygens (including phenoxy) is 1. The lowest BCUT2D eigenvalue weighted by molar-refractivity contribution is 0.207. The van der Waals surface area contributed by atoms with Crippen molar-refractivity contribution in [2.75, 3.05) is 32.2 Å². The molecule has 0 amide bonds. The molecule has 1 aliphatic heterocycles. The number of rotatable bonds is 6. The highest BCUT2D eigenvalue weighted by atomic mass is 32.2. The second kappa shape index (κ2) is 7.31. The minimum atomic E-state index is 0.0248. The molecule has 0 bridgehead atoms. The van der Waals surface area contributed by atoms with Crippen LogP contribution in [0.1, 0.15) is 25.1 Å². The number of nitrogens with zero attached hydrogens (tertiary/aromatic N) is 3. The van der Waals surface area contributed by atoms with E-state index in [0.717, 1.165) is 36.7 Å². The van der Waals surface area contributed by atoms with E-state index in [2.05, 4.69) is 29.4 Å². The summed E-state index contributed by atoms with van der Waals surface area (Å²) in [4.78, 5) is 2.36. The Morgan fingerprint density at radius 2 is 2.45 bits per heavy atom. The second-order valence-corrected chi connectivity index (χ2v) is 6.24. The molecule has 2 rings (SSSR count). The molecule has 114 valence electrons. The van der Waals surface area contributed by atoms with Crippen molar-refractivity contribution in [2.24, 2.45) is 5.84 Å². The number of hydrogen-bond donors (Lipinski definition) is 2. The number of hydrazine groups is 1. The van der Waals surface area contributed by atoms with Crippen LogP contribution in [0.15, 0.2) is 6.20 Å². The first-order valence-electron chi connectivity index (χ1n) is 7.06. The zero-order chi connectivity index (χ0) is 14.5. The van der Waals surface area contributed by atoms with Gasteiger partial charge < -0.3 is 4.74 Å². The number of aryl methyl sites for hydroxylation is 1. The van der Waals surface area contributed by atoms with Gasteiger partial charge in [-0.2, -0.15) is 16.9 Å². The first-order chi connectivity index (χ1) is 9.72. The van der Waals surface area contributed by atoms with Crippen molar-refractivity contribution in [3.63, 3.8) is 0 Å². The minimum absolute atomic E-state index is 0.0248. The van der Waals surface area contributed by atoms with Gasteiger partial charge in [-0.3, -0.25) is 15.4 Å². The van der Waals surface area contributed by atoms with Gasteiger partial charge in [0, 0.05) is 30.6 Å². The average Bonchev–Trinajstić information content (AvgIpc) is 2.85. The molecule has 3 N–H and O–H groups in total. The average molecular weight is 299 g/mol. The van der Waals surface area contributed by atoms with E-state index in [1.54, 1.807) is 13.3 Å². The lowest BCUT2D eigenvalue weighted by Gasteiger charge is -2.37. The van der Waals surface area contributed by atoms with Crippen molar-refractivity contribution in [1.82, 2.24) is 20.1 Å². The second-order valence-electron chi connectivity index (χ2n) is 5.09. The summed E-state index contributed by atoms with van der Waals surface area (Å²) in [7, 11) is 3.84. The maximum Gasteiger partial charge on any atom is 0.161 e. The smallest absolute Gasteiger partial charge is 0.161 e. The Labute approximate surface area is 125 Å². The van der Waals surface area contributed by atoms with Crippen LogP contribution in [0, 0.1) is 0 Å². The van der Waals surface area contributed by atoms with Gasteiger partial charge in [-0.05, 0) is 13.5 Å². The van der Waals surface area contributed by atoms with Crippen LogP contribution in [0.3, 0.4) is 0 Å². The Hall–Kier alpha value is -0.760. The van der Waals surface area contributed by atoms with Crippen molar-refractivity contribution in [2.45, 2.75) is 32.0 Å². The van der Waals surface area contributed by atoms with Crippen LogP contribution < -0.4 is 16.0 Å². The van der Waals surface area contributed by atoms with Crippen LogP contribution in [0.5, 0.6) is 5.75 Å². The van der Waals surface area contributed by atoms with Crippen LogP contribution in [0.4, 0.5) is 0 Å². The Morgan fingerprint density at radius 3 is 3.05 bits per heavy atom. The predicted molar refractivity (Wildman–Crippen MR) is 82.9 cm³/mol. The molecule has 20 heavy (non-hydrogen) atoms. The number of aromatic nitrogens is 2. The summed E-state index contributed by atoms with van der Waals surface area (Å²) in [5.41, 5.74) is 4.03. The molecule has 2 atom stereocenters. The van der Waals surface area contributed by atoms with Gasteiger partial charge in [-0.25, -0.2) is 5.43 Å². The maximum atomic E-state index is 5.86. The molecule has 1 fully saturated rings. The van der Waals surface area contributed by atoms with Gasteiger partial charge in [0.2, 0.25) is 0 Å². The first-order valence-corrected chi connectivity index (χ1v) is 8.22. The van der Waals surface area contributed by atoms with Crippen LogP contribution in [0.25, 0.3) is 0 Å². The summed E-state index contributed by atoms with van der Waals surface area (Å²) >= 11 is 1.97. The predicted octanol–water partition coefficient (Wildman–Crippen LogP) is 0.853. The summed E-state index contributed by atoms with van der Waals surface area (Å²) in [5, 5.41) is 4.44. The van der Waals surface area contributed by atoms with Gasteiger partial charge in [-0.1, -0.05) is 6.92 Å². The number of thioether (sulfide) groups is 1. The van der Waals surface area contributed by atoms with Crippen molar-refractivity contribution in [3.05, 3.63) is 11.9 Å². The van der Waals surface area contributed by atoms with Crippen molar-refractivity contribution < 1.29 is 4.74 Å². The third-order valence-electron chi connectivity index (χ3n) is 3.80. The third-order valence-corrected chi connectivity index (χ3v) is 4.85. The first kappa shape index (κ1) is 15.6. The molecule has 1 aliphatic rings. The van der Waals surface area contributed by atoms with Crippen LogP contribution >= 0.6 is 11.8 Å². The molecule has 0 spiro atoms. The summed E-state index contributed by atoms with van der Waals surface area (Å²) in [6, 6.07) is 0.372. The van der Waals surface area contributed by atoms with E-state index in [0.29, 0.717) is 6.04 Å². The number of nitrogens with one attached hydrogen (secondary N) is 1. The van der Waals surface area contributed by atoms with Crippen LogP contribution in [0.2, 0.25) is 0 Å². The summed E-state index contributed by atoms with van der Waals surface area (Å²) in [5.74, 6) is 8.91. The van der Waals surface area contributed by atoms with Gasteiger partial charge in [0.1, 0.15) is 5.69 Å². The highest BCUT2D eigenvalue weighted by Gasteiger charge is 2.33. The highest BCUT2D eigenvalue weighted by Crippen LogP contribution is 2.31. The van der Waals surface area contributed by atoms with E-state index in [-0.39, 0.29) is 6.04 Å². The van der Waals surface area contributed by atoms with Crippen molar-refractivity contribution >= 4 is 11.8 Å². The summed E-state index contributed by atoms with van der Waals surface area (Å²) in [6.07, 6.45) is 2.82. The Morgan fingerprint density at radius 1 is 1.65 bits per heavy atom. The Bertz CT molecular complexity index is 425. The molecule has 1 aromatic heterocycles. The zero-order valence-electron chi connectivity index (χ0n) is 12.5. The monoisotopic (exact) mass is 299 g/mol. The molecule has 1 saturated heterocycles. The molecule has 0 aromatic carbocycles. The minimum Gasteiger partial charge on any atom is -0.493 e. The summed E-state index contributed by atoms with van der Waals surface area (Å²) < 4.78 is 7.49. The molecule has 0 saturated carbocycles. The highest BCUT2D eigenvalue weighted by molar-refractivity contribution is 7.99. The SMILES string of the molecule is CCCn1ncc(OC)c1C(NN)C1CSCCN1C. The maximum absolute atomic E-state index is 5.86. The zero-order valence-corrected chi connectivity index (χ0v) is 13.3. The van der Waals surface area contributed by atoms with Crippen LogP contribution in [-0.4, -0.2) is 52.9 Å². The van der Waals surface area contributed by atoms with E-state index in [1.165, 1.54) is 5.75 Å².